The minimum atomic E-state index is -0.794. The van der Waals surface area contributed by atoms with Gasteiger partial charge in [-0.25, -0.2) is 8.78 Å². The molecule has 1 atom stereocenters. The lowest BCUT2D eigenvalue weighted by molar-refractivity contribution is 0.178. The molecule has 1 unspecified atom stereocenters. The van der Waals surface area contributed by atoms with Crippen LogP contribution in [0, 0.1) is 18.6 Å². The molecule has 0 spiro atoms. The van der Waals surface area contributed by atoms with Gasteiger partial charge in [0.15, 0.2) is 0 Å². The second kappa shape index (κ2) is 5.80. The molecule has 0 saturated carbocycles. The van der Waals surface area contributed by atoms with Gasteiger partial charge in [0.05, 0.1) is 10.6 Å². The third kappa shape index (κ3) is 3.19. The highest BCUT2D eigenvalue weighted by Crippen LogP contribution is 2.26. The Morgan fingerprint density at radius 1 is 1.16 bits per heavy atom. The lowest BCUT2D eigenvalue weighted by atomic mass is 10.00. The third-order valence-corrected chi connectivity index (χ3v) is 3.90. The first-order valence-corrected chi connectivity index (χ1v) is 6.65. The molecule has 0 saturated heterocycles. The Morgan fingerprint density at radius 2 is 1.89 bits per heavy atom. The van der Waals surface area contributed by atoms with Crippen LogP contribution in [0.25, 0.3) is 0 Å². The van der Waals surface area contributed by atoms with Crippen LogP contribution in [0.5, 0.6) is 0 Å². The molecule has 0 aliphatic heterocycles. The minimum Gasteiger partial charge on any atom is -0.388 e. The van der Waals surface area contributed by atoms with E-state index in [1.54, 1.807) is 31.2 Å². The van der Waals surface area contributed by atoms with Crippen molar-refractivity contribution in [1.29, 1.82) is 0 Å². The third-order valence-electron chi connectivity index (χ3n) is 3.01. The summed E-state index contributed by atoms with van der Waals surface area (Å²) in [4.78, 5) is 0. The molecule has 0 radical (unpaired) electrons. The van der Waals surface area contributed by atoms with Crippen LogP contribution in [0.2, 0.25) is 0 Å². The Balaban J connectivity index is 2.23. The van der Waals surface area contributed by atoms with E-state index in [0.717, 1.165) is 0 Å². The molecule has 0 bridgehead atoms. The first kappa shape index (κ1) is 14.2. The Hall–Kier alpha value is -1.26. The van der Waals surface area contributed by atoms with Crippen LogP contribution in [-0.4, -0.2) is 5.11 Å². The van der Waals surface area contributed by atoms with Crippen molar-refractivity contribution in [2.75, 3.05) is 0 Å². The van der Waals surface area contributed by atoms with E-state index in [4.69, 9.17) is 0 Å². The molecule has 2 rings (SSSR count). The van der Waals surface area contributed by atoms with Crippen LogP contribution in [-0.2, 0) is 6.42 Å². The zero-order valence-electron chi connectivity index (χ0n) is 10.3. The summed E-state index contributed by atoms with van der Waals surface area (Å²) < 4.78 is 26.9. The van der Waals surface area contributed by atoms with Crippen molar-refractivity contribution < 1.29 is 13.9 Å². The number of aliphatic hydroxyl groups is 1. The molecule has 0 aliphatic rings. The van der Waals surface area contributed by atoms with Crippen LogP contribution < -0.4 is 0 Å². The highest BCUT2D eigenvalue weighted by Gasteiger charge is 2.13. The predicted octanol–water partition coefficient (Wildman–Crippen LogP) is 4.31. The monoisotopic (exact) mass is 326 g/mol. The van der Waals surface area contributed by atoms with Gasteiger partial charge in [0.1, 0.15) is 11.6 Å². The van der Waals surface area contributed by atoms with Crippen molar-refractivity contribution in [2.24, 2.45) is 0 Å². The first-order chi connectivity index (χ1) is 8.99. The molecule has 4 heteroatoms. The molecule has 100 valence electrons. The summed E-state index contributed by atoms with van der Waals surface area (Å²) >= 11 is 3.16. The van der Waals surface area contributed by atoms with E-state index in [0.29, 0.717) is 21.2 Å². The normalized spacial score (nSPS) is 12.5. The van der Waals surface area contributed by atoms with Gasteiger partial charge in [-0.2, -0.15) is 0 Å². The smallest absolute Gasteiger partial charge is 0.137 e. The van der Waals surface area contributed by atoms with Gasteiger partial charge in [-0.15, -0.1) is 0 Å². The molecule has 2 aromatic carbocycles. The van der Waals surface area contributed by atoms with E-state index in [2.05, 4.69) is 15.9 Å². The molecular formula is C15H13BrF2O. The van der Waals surface area contributed by atoms with Crippen LogP contribution >= 0.6 is 15.9 Å². The summed E-state index contributed by atoms with van der Waals surface area (Å²) in [7, 11) is 0. The summed E-state index contributed by atoms with van der Waals surface area (Å²) in [5.41, 5.74) is 1.78. The first-order valence-electron chi connectivity index (χ1n) is 5.86. The van der Waals surface area contributed by atoms with Gasteiger partial charge < -0.3 is 5.11 Å². The quantitative estimate of drug-likeness (QED) is 0.891. The summed E-state index contributed by atoms with van der Waals surface area (Å²) in [6.45, 7) is 1.64. The summed E-state index contributed by atoms with van der Waals surface area (Å²) in [6, 6.07) is 9.16. The lowest BCUT2D eigenvalue weighted by Crippen LogP contribution is -2.04. The fraction of sp³-hybridized carbons (Fsp3) is 0.200. The van der Waals surface area contributed by atoms with Crippen molar-refractivity contribution >= 4 is 15.9 Å². The SMILES string of the molecule is Cc1cc(C(O)Cc2cccc(F)c2Br)ccc1F. The standard InChI is InChI=1S/C15H13BrF2O/c1-9-7-10(5-6-12(9)17)14(19)8-11-3-2-4-13(18)15(11)16/h2-7,14,19H,8H2,1H3. The molecule has 1 N–H and O–H groups in total. The Labute approximate surface area is 119 Å². The van der Waals surface area contributed by atoms with E-state index in [1.165, 1.54) is 12.1 Å². The van der Waals surface area contributed by atoms with Crippen molar-refractivity contribution in [3.8, 4) is 0 Å². The maximum Gasteiger partial charge on any atom is 0.137 e. The Bertz CT molecular complexity index is 599. The van der Waals surface area contributed by atoms with Crippen molar-refractivity contribution in [1.82, 2.24) is 0 Å². The molecule has 0 aromatic heterocycles. The number of halogens is 3. The molecule has 2 aromatic rings. The number of hydrogen-bond acceptors (Lipinski definition) is 1. The zero-order valence-corrected chi connectivity index (χ0v) is 11.9. The maximum atomic E-state index is 13.4. The van der Waals surface area contributed by atoms with Crippen LogP contribution in [0.1, 0.15) is 22.8 Å². The Kier molecular flexibility index (Phi) is 4.32. The second-order valence-corrected chi connectivity index (χ2v) is 5.23. The molecule has 0 heterocycles. The number of rotatable bonds is 3. The fourth-order valence-electron chi connectivity index (χ4n) is 1.91. The average molecular weight is 327 g/mol. The molecule has 1 nitrogen and oxygen atoms in total. The summed E-state index contributed by atoms with van der Waals surface area (Å²) in [5, 5.41) is 10.1. The lowest BCUT2D eigenvalue weighted by Gasteiger charge is -2.13. The predicted molar refractivity (Wildman–Crippen MR) is 73.9 cm³/mol. The van der Waals surface area contributed by atoms with Crippen LogP contribution in [0.15, 0.2) is 40.9 Å². The van der Waals surface area contributed by atoms with Gasteiger partial charge in [0, 0.05) is 6.42 Å². The molecule has 0 fully saturated rings. The molecule has 0 amide bonds. The molecular weight excluding hydrogens is 314 g/mol. The van der Waals surface area contributed by atoms with E-state index in [-0.39, 0.29) is 18.1 Å². The zero-order chi connectivity index (χ0) is 14.0. The van der Waals surface area contributed by atoms with Gasteiger partial charge >= 0.3 is 0 Å². The highest BCUT2D eigenvalue weighted by molar-refractivity contribution is 9.10. The number of aliphatic hydroxyl groups excluding tert-OH is 1. The second-order valence-electron chi connectivity index (χ2n) is 4.44. The molecule has 0 aliphatic carbocycles. The Morgan fingerprint density at radius 3 is 2.58 bits per heavy atom. The van der Waals surface area contributed by atoms with E-state index in [9.17, 15) is 13.9 Å². The summed E-state index contributed by atoms with van der Waals surface area (Å²) in [6.07, 6.45) is -0.527. The van der Waals surface area contributed by atoms with Crippen molar-refractivity contribution in [2.45, 2.75) is 19.4 Å². The topological polar surface area (TPSA) is 20.2 Å². The number of hydrogen-bond donors (Lipinski definition) is 1. The average Bonchev–Trinajstić information content (AvgIpc) is 2.38. The number of benzene rings is 2. The van der Waals surface area contributed by atoms with Gasteiger partial charge in [-0.1, -0.05) is 24.3 Å². The van der Waals surface area contributed by atoms with E-state index in [1.807, 2.05) is 0 Å². The van der Waals surface area contributed by atoms with Gasteiger partial charge in [0.25, 0.3) is 0 Å². The van der Waals surface area contributed by atoms with Crippen molar-refractivity contribution in [3.05, 3.63) is 69.2 Å². The number of aryl methyl sites for hydroxylation is 1. The highest BCUT2D eigenvalue weighted by atomic mass is 79.9. The van der Waals surface area contributed by atoms with Crippen LogP contribution in [0.3, 0.4) is 0 Å². The van der Waals surface area contributed by atoms with Crippen molar-refractivity contribution in [3.63, 3.8) is 0 Å². The fourth-order valence-corrected chi connectivity index (χ4v) is 2.33. The van der Waals surface area contributed by atoms with Crippen LogP contribution in [0.4, 0.5) is 8.78 Å². The van der Waals surface area contributed by atoms with E-state index >= 15 is 0 Å². The van der Waals surface area contributed by atoms with E-state index < -0.39 is 6.10 Å². The van der Waals surface area contributed by atoms with Gasteiger partial charge in [-0.05, 0) is 51.7 Å². The van der Waals surface area contributed by atoms with Gasteiger partial charge in [0.2, 0.25) is 0 Å². The molecule has 19 heavy (non-hydrogen) atoms. The summed E-state index contributed by atoms with van der Waals surface area (Å²) in [5.74, 6) is -0.664. The van der Waals surface area contributed by atoms with Gasteiger partial charge in [-0.3, -0.25) is 0 Å². The maximum absolute atomic E-state index is 13.4. The largest absolute Gasteiger partial charge is 0.388 e. The minimum absolute atomic E-state index is 0.267.